The zero-order valence-electron chi connectivity index (χ0n) is 4.06. The van der Waals surface area contributed by atoms with E-state index in [1.807, 2.05) is 0 Å². The SMILES string of the molecule is [Ba+2].[Cu+2].[Mg+2].[O-2].[O-2].[O-2].[O-2].[Zn+2]. The number of rotatable bonds is 0. The zero-order chi connectivity index (χ0) is 0. The van der Waals surface area contributed by atoms with Gasteiger partial charge in [0.25, 0.3) is 0 Å². The molecule has 0 heterocycles. The maximum absolute atomic E-state index is 0. The Morgan fingerprint density at radius 1 is 0.625 bits per heavy atom. The van der Waals surface area contributed by atoms with Crippen molar-refractivity contribution >= 4 is 71.9 Å². The smallest absolute Gasteiger partial charge is 2.00 e. The molecule has 41 valence electrons. The van der Waals surface area contributed by atoms with Gasteiger partial charge in [-0.05, 0) is 0 Å². The predicted octanol–water partition coefficient (Wildman–Crippen LogP) is -1.24. The van der Waals surface area contributed by atoms with Gasteiger partial charge >= 0.3 is 108 Å². The second-order valence-corrected chi connectivity index (χ2v) is 0. The van der Waals surface area contributed by atoms with Crippen LogP contribution < -0.4 is 0 Å². The van der Waals surface area contributed by atoms with Crippen LogP contribution in [0.25, 0.3) is 0 Å². The normalized spacial score (nSPS) is 0. The first-order valence-electron chi connectivity index (χ1n) is 0. The Morgan fingerprint density at radius 2 is 0.625 bits per heavy atom. The Balaban J connectivity index is 0. The fourth-order valence-corrected chi connectivity index (χ4v) is 0. The molecule has 0 unspecified atom stereocenters. The Bertz CT molecular complexity index is 16.0. The summed E-state index contributed by atoms with van der Waals surface area (Å²) in [5.74, 6) is 0. The first-order valence-corrected chi connectivity index (χ1v) is 0. The van der Waals surface area contributed by atoms with Crippen molar-refractivity contribution in [3.8, 4) is 0 Å². The van der Waals surface area contributed by atoms with Gasteiger partial charge in [0, 0.05) is 0 Å². The number of hydrogen-bond donors (Lipinski definition) is 0. The van der Waals surface area contributed by atoms with E-state index in [9.17, 15) is 0 Å². The molecule has 0 aliphatic carbocycles. The van der Waals surface area contributed by atoms with E-state index in [1.54, 1.807) is 0 Å². The minimum absolute atomic E-state index is 0. The molecule has 0 aliphatic heterocycles. The van der Waals surface area contributed by atoms with Gasteiger partial charge < -0.3 is 21.9 Å². The third-order valence-electron chi connectivity index (χ3n) is 0. The van der Waals surface area contributed by atoms with Gasteiger partial charge in [-0.25, -0.2) is 0 Å². The van der Waals surface area contributed by atoms with Crippen molar-refractivity contribution in [2.45, 2.75) is 0 Å². The molecule has 0 saturated carbocycles. The van der Waals surface area contributed by atoms with Crippen LogP contribution in [0.3, 0.4) is 0 Å². The molecule has 0 aliphatic rings. The van der Waals surface area contributed by atoms with Gasteiger partial charge in [0.2, 0.25) is 0 Å². The second kappa shape index (κ2) is 81.3. The third-order valence-corrected chi connectivity index (χ3v) is 0. The van der Waals surface area contributed by atoms with E-state index in [-0.39, 0.29) is 130 Å². The standard InChI is InChI=1S/Ba.Cu.Mg.4O.Zn/q3*+2;4*-2;+2. The molecule has 0 aromatic carbocycles. The molecule has 0 atom stereocenters. The summed E-state index contributed by atoms with van der Waals surface area (Å²) in [5.41, 5.74) is 0. The topological polar surface area (TPSA) is 114 Å². The molecule has 0 spiro atoms. The van der Waals surface area contributed by atoms with Gasteiger partial charge in [0.05, 0.1) is 0 Å². The molecule has 0 fully saturated rings. The van der Waals surface area contributed by atoms with E-state index in [4.69, 9.17) is 0 Å². The molecule has 8 heteroatoms. The molecule has 0 aromatic heterocycles. The molecule has 0 bridgehead atoms. The van der Waals surface area contributed by atoms with E-state index in [0.717, 1.165) is 0 Å². The van der Waals surface area contributed by atoms with Crippen molar-refractivity contribution in [3.63, 3.8) is 0 Å². The third kappa shape index (κ3) is 58.5. The van der Waals surface area contributed by atoms with Crippen molar-refractivity contribution in [2.24, 2.45) is 0 Å². The van der Waals surface area contributed by atoms with E-state index in [2.05, 4.69) is 0 Å². The Kier molecular flexibility index (Phi) is 1110. The summed E-state index contributed by atoms with van der Waals surface area (Å²) < 4.78 is 0. The summed E-state index contributed by atoms with van der Waals surface area (Å²) >= 11 is 0. The molecule has 0 saturated heterocycles. The summed E-state index contributed by atoms with van der Waals surface area (Å²) in [4.78, 5) is 0. The van der Waals surface area contributed by atoms with Crippen LogP contribution in [-0.2, 0) is 58.5 Å². The fourth-order valence-electron chi connectivity index (χ4n) is 0. The second-order valence-electron chi connectivity index (χ2n) is 0. The predicted molar refractivity (Wildman–Crippen MR) is 14.3 cm³/mol. The van der Waals surface area contributed by atoms with Crippen LogP contribution in [0, 0.1) is 0 Å². The van der Waals surface area contributed by atoms with Crippen LogP contribution in [0.2, 0.25) is 0 Å². The van der Waals surface area contributed by atoms with E-state index in [1.165, 1.54) is 0 Å². The van der Waals surface area contributed by atoms with Crippen molar-refractivity contribution in [1.29, 1.82) is 0 Å². The maximum atomic E-state index is 0. The van der Waals surface area contributed by atoms with Gasteiger partial charge in [0.1, 0.15) is 0 Å². The minimum Gasteiger partial charge on any atom is -2.00 e. The molecule has 4 nitrogen and oxygen atoms in total. The van der Waals surface area contributed by atoms with Crippen molar-refractivity contribution in [3.05, 3.63) is 0 Å². The van der Waals surface area contributed by atoms with Gasteiger partial charge in [-0.3, -0.25) is 0 Å². The van der Waals surface area contributed by atoms with Crippen LogP contribution >= 0.6 is 0 Å². The fraction of sp³-hybridized carbons (Fsp3) is 0. The van der Waals surface area contributed by atoms with E-state index < -0.39 is 0 Å². The molecular formula is BaCuMgO4Zn. The van der Waals surface area contributed by atoms with Crippen LogP contribution in [0.15, 0.2) is 0 Å². The maximum Gasteiger partial charge on any atom is 2.00 e. The van der Waals surface area contributed by atoms with Gasteiger partial charge in [-0.2, -0.15) is 0 Å². The Hall–Kier alpha value is 3.32. The van der Waals surface area contributed by atoms with Gasteiger partial charge in [0.15, 0.2) is 0 Å². The van der Waals surface area contributed by atoms with Crippen LogP contribution in [0.1, 0.15) is 0 Å². The molecule has 0 aromatic rings. The first kappa shape index (κ1) is 109. The number of hydrogen-bond acceptors (Lipinski definition) is 0. The van der Waals surface area contributed by atoms with Gasteiger partial charge in [-0.1, -0.05) is 0 Å². The molecule has 0 N–H and O–H groups in total. The summed E-state index contributed by atoms with van der Waals surface area (Å²) in [5, 5.41) is 0. The first-order chi connectivity index (χ1) is 0. The molecule has 8 heavy (non-hydrogen) atoms. The molecule has 0 rings (SSSR count). The quantitative estimate of drug-likeness (QED) is 0.484. The van der Waals surface area contributed by atoms with Crippen LogP contribution in [0.4, 0.5) is 0 Å². The Labute approximate surface area is 128 Å². The summed E-state index contributed by atoms with van der Waals surface area (Å²) in [7, 11) is 0. The minimum atomic E-state index is 0. The van der Waals surface area contributed by atoms with E-state index >= 15 is 0 Å². The monoisotopic (exact) mass is 353 g/mol. The molecular weight excluding hydrogens is 355 g/mol. The Morgan fingerprint density at radius 3 is 0.625 bits per heavy atom. The van der Waals surface area contributed by atoms with E-state index in [0.29, 0.717) is 0 Å². The summed E-state index contributed by atoms with van der Waals surface area (Å²) in [6, 6.07) is 0. The van der Waals surface area contributed by atoms with Gasteiger partial charge in [-0.15, -0.1) is 0 Å². The largest absolute Gasteiger partial charge is 2.00 e. The molecule has 1 radical (unpaired) electrons. The average molecular weight is 355 g/mol. The van der Waals surface area contributed by atoms with Crippen molar-refractivity contribution in [2.75, 3.05) is 0 Å². The van der Waals surface area contributed by atoms with Crippen molar-refractivity contribution < 1.29 is 58.5 Å². The summed E-state index contributed by atoms with van der Waals surface area (Å²) in [6.45, 7) is 0. The van der Waals surface area contributed by atoms with Crippen molar-refractivity contribution in [1.82, 2.24) is 0 Å². The average Bonchev–Trinajstić information content (AvgIpc) is 0. The zero-order valence-corrected chi connectivity index (χ0v) is 13.8. The van der Waals surface area contributed by atoms with Crippen LogP contribution in [-0.4, -0.2) is 71.9 Å². The summed E-state index contributed by atoms with van der Waals surface area (Å²) in [6.07, 6.45) is 0. The van der Waals surface area contributed by atoms with Crippen LogP contribution in [0.5, 0.6) is 0 Å². The molecule has 0 amide bonds.